The number of likely N-dealkylation sites (N-methyl/N-ethyl adjacent to an activating group) is 1. The maximum Gasteiger partial charge on any atom is 0.224 e. The predicted octanol–water partition coefficient (Wildman–Crippen LogP) is 3.22. The summed E-state index contributed by atoms with van der Waals surface area (Å²) in [5, 5.41) is 2.84. The van der Waals surface area contributed by atoms with Crippen molar-refractivity contribution in [2.24, 2.45) is 0 Å². The van der Waals surface area contributed by atoms with Crippen LogP contribution in [0, 0.1) is 5.82 Å². The second kappa shape index (κ2) is 10.3. The largest absolute Gasteiger partial charge is 0.326 e. The summed E-state index contributed by atoms with van der Waals surface area (Å²) < 4.78 is 13.6. The Balaban J connectivity index is 1.43. The van der Waals surface area contributed by atoms with E-state index in [4.69, 9.17) is 0 Å². The van der Waals surface area contributed by atoms with Gasteiger partial charge in [-0.3, -0.25) is 14.5 Å². The van der Waals surface area contributed by atoms with E-state index in [0.29, 0.717) is 42.6 Å². The van der Waals surface area contributed by atoms with Crippen LogP contribution >= 0.6 is 0 Å². The van der Waals surface area contributed by atoms with Gasteiger partial charge >= 0.3 is 0 Å². The van der Waals surface area contributed by atoms with Gasteiger partial charge in [0.15, 0.2) is 5.78 Å². The lowest BCUT2D eigenvalue weighted by molar-refractivity contribution is -0.116. The molecule has 2 aromatic rings. The minimum Gasteiger partial charge on any atom is -0.326 e. The van der Waals surface area contributed by atoms with Crippen molar-refractivity contribution in [1.29, 1.82) is 0 Å². The molecule has 1 N–H and O–H groups in total. The number of rotatable bonds is 8. The quantitative estimate of drug-likeness (QED) is 0.695. The molecule has 1 aliphatic heterocycles. The van der Waals surface area contributed by atoms with Crippen LogP contribution in [-0.4, -0.2) is 61.3 Å². The Morgan fingerprint density at radius 3 is 2.38 bits per heavy atom. The van der Waals surface area contributed by atoms with Crippen LogP contribution in [0.2, 0.25) is 0 Å². The van der Waals surface area contributed by atoms with Gasteiger partial charge in [0.05, 0.1) is 6.54 Å². The Kier molecular flexibility index (Phi) is 7.49. The summed E-state index contributed by atoms with van der Waals surface area (Å²) in [7, 11) is 2.09. The zero-order valence-electron chi connectivity index (χ0n) is 16.9. The van der Waals surface area contributed by atoms with Crippen LogP contribution in [0.3, 0.4) is 0 Å². The fourth-order valence-corrected chi connectivity index (χ4v) is 3.40. The van der Waals surface area contributed by atoms with Crippen molar-refractivity contribution >= 4 is 17.4 Å². The van der Waals surface area contributed by atoms with Crippen molar-refractivity contribution in [2.75, 3.05) is 45.1 Å². The lowest BCUT2D eigenvalue weighted by Gasteiger charge is -2.31. The SMILES string of the molecule is CN1CCN(CC(=O)c2ccc(NC(=O)CCCc3ccccc3F)cc2)CC1. The second-order valence-electron chi connectivity index (χ2n) is 7.57. The first-order chi connectivity index (χ1) is 14.0. The number of halogens is 1. The van der Waals surface area contributed by atoms with Crippen molar-refractivity contribution in [3.8, 4) is 0 Å². The Hall–Kier alpha value is -2.57. The van der Waals surface area contributed by atoms with Crippen molar-refractivity contribution in [2.45, 2.75) is 19.3 Å². The van der Waals surface area contributed by atoms with E-state index in [-0.39, 0.29) is 17.5 Å². The van der Waals surface area contributed by atoms with E-state index in [1.165, 1.54) is 6.07 Å². The summed E-state index contributed by atoms with van der Waals surface area (Å²) in [6, 6.07) is 13.7. The molecule has 0 aliphatic carbocycles. The van der Waals surface area contributed by atoms with Gasteiger partial charge in [0, 0.05) is 43.9 Å². The number of hydrogen-bond donors (Lipinski definition) is 1. The van der Waals surface area contributed by atoms with Crippen LogP contribution < -0.4 is 5.32 Å². The number of carbonyl (C=O) groups excluding carboxylic acids is 2. The van der Waals surface area contributed by atoms with Gasteiger partial charge in [0.2, 0.25) is 5.91 Å². The van der Waals surface area contributed by atoms with Crippen LogP contribution in [-0.2, 0) is 11.2 Å². The third kappa shape index (κ3) is 6.48. The smallest absolute Gasteiger partial charge is 0.224 e. The first-order valence-electron chi connectivity index (χ1n) is 10.1. The molecule has 1 heterocycles. The maximum atomic E-state index is 13.6. The molecule has 0 spiro atoms. The van der Waals surface area contributed by atoms with Crippen molar-refractivity contribution in [1.82, 2.24) is 9.80 Å². The average Bonchev–Trinajstić information content (AvgIpc) is 2.71. The highest BCUT2D eigenvalue weighted by Crippen LogP contribution is 2.14. The fraction of sp³-hybridized carbons (Fsp3) is 0.391. The number of anilines is 1. The summed E-state index contributed by atoms with van der Waals surface area (Å²) in [5.41, 5.74) is 1.95. The van der Waals surface area contributed by atoms with Crippen molar-refractivity contribution in [3.63, 3.8) is 0 Å². The Bertz CT molecular complexity index is 830. The molecule has 0 radical (unpaired) electrons. The molecule has 2 aromatic carbocycles. The molecule has 0 atom stereocenters. The highest BCUT2D eigenvalue weighted by atomic mass is 19.1. The van der Waals surface area contributed by atoms with Crippen LogP contribution in [0.4, 0.5) is 10.1 Å². The lowest BCUT2D eigenvalue weighted by atomic mass is 10.1. The normalized spacial score (nSPS) is 15.2. The third-order valence-electron chi connectivity index (χ3n) is 5.26. The molecule has 6 heteroatoms. The fourth-order valence-electron chi connectivity index (χ4n) is 3.40. The van der Waals surface area contributed by atoms with Crippen LogP contribution in [0.5, 0.6) is 0 Å². The van der Waals surface area contributed by atoms with Crippen LogP contribution in [0.1, 0.15) is 28.8 Å². The van der Waals surface area contributed by atoms with E-state index in [1.54, 1.807) is 42.5 Å². The van der Waals surface area contributed by atoms with Crippen LogP contribution in [0.25, 0.3) is 0 Å². The van der Waals surface area contributed by atoms with Gasteiger partial charge in [-0.15, -0.1) is 0 Å². The van der Waals surface area contributed by atoms with Gasteiger partial charge in [-0.25, -0.2) is 4.39 Å². The van der Waals surface area contributed by atoms with Crippen molar-refractivity contribution in [3.05, 3.63) is 65.5 Å². The second-order valence-corrected chi connectivity index (χ2v) is 7.57. The number of ketones is 1. The number of Topliss-reactive ketones (excluding diaryl/α,β-unsaturated/α-hetero) is 1. The molecule has 0 saturated carbocycles. The molecular formula is C23H28FN3O2. The van der Waals surface area contributed by atoms with Gasteiger partial charge in [-0.2, -0.15) is 0 Å². The van der Waals surface area contributed by atoms with Gasteiger partial charge in [0.25, 0.3) is 0 Å². The Morgan fingerprint density at radius 1 is 1.00 bits per heavy atom. The van der Waals surface area contributed by atoms with Crippen molar-refractivity contribution < 1.29 is 14.0 Å². The zero-order chi connectivity index (χ0) is 20.6. The highest BCUT2D eigenvalue weighted by Gasteiger charge is 2.17. The molecule has 0 unspecified atom stereocenters. The van der Waals surface area contributed by atoms with Gasteiger partial charge in [-0.05, 0) is 55.8 Å². The first-order valence-corrected chi connectivity index (χ1v) is 10.1. The van der Waals surface area contributed by atoms with E-state index in [9.17, 15) is 14.0 Å². The number of nitrogens with zero attached hydrogens (tertiary/aromatic N) is 2. The summed E-state index contributed by atoms with van der Waals surface area (Å²) >= 11 is 0. The number of amides is 1. The van der Waals surface area contributed by atoms with E-state index < -0.39 is 0 Å². The summed E-state index contributed by atoms with van der Waals surface area (Å²) in [6.07, 6.45) is 1.42. The topological polar surface area (TPSA) is 52.6 Å². The van der Waals surface area contributed by atoms with Gasteiger partial charge in [-0.1, -0.05) is 18.2 Å². The standard InChI is InChI=1S/C23H28FN3O2/c1-26-13-15-27(16-14-26)17-22(28)19-9-11-20(12-10-19)25-23(29)8-4-6-18-5-2-3-7-21(18)24/h2-3,5,7,9-12H,4,6,8,13-17H2,1H3,(H,25,29). The highest BCUT2D eigenvalue weighted by molar-refractivity contribution is 5.98. The molecule has 1 aliphatic rings. The lowest BCUT2D eigenvalue weighted by Crippen LogP contribution is -2.46. The van der Waals surface area contributed by atoms with E-state index in [0.717, 1.165) is 26.2 Å². The molecule has 154 valence electrons. The number of benzene rings is 2. The molecular weight excluding hydrogens is 369 g/mol. The number of aryl methyl sites for hydroxylation is 1. The number of hydrogen-bond acceptors (Lipinski definition) is 4. The number of nitrogens with one attached hydrogen (secondary N) is 1. The molecule has 5 nitrogen and oxygen atoms in total. The first kappa shape index (κ1) is 21.1. The minimum atomic E-state index is -0.232. The summed E-state index contributed by atoms with van der Waals surface area (Å²) in [6.45, 7) is 4.20. The molecule has 1 saturated heterocycles. The van der Waals surface area contributed by atoms with E-state index >= 15 is 0 Å². The van der Waals surface area contributed by atoms with Crippen LogP contribution in [0.15, 0.2) is 48.5 Å². The van der Waals surface area contributed by atoms with E-state index in [2.05, 4.69) is 22.2 Å². The van der Waals surface area contributed by atoms with Gasteiger partial charge in [0.1, 0.15) is 5.82 Å². The molecule has 1 fully saturated rings. The Labute approximate surface area is 171 Å². The minimum absolute atomic E-state index is 0.0947. The molecule has 0 bridgehead atoms. The molecule has 0 aromatic heterocycles. The molecule has 29 heavy (non-hydrogen) atoms. The number of carbonyl (C=O) groups is 2. The maximum absolute atomic E-state index is 13.6. The number of piperazine rings is 1. The predicted molar refractivity (Wildman–Crippen MR) is 113 cm³/mol. The monoisotopic (exact) mass is 397 g/mol. The van der Waals surface area contributed by atoms with Gasteiger partial charge < -0.3 is 10.2 Å². The average molecular weight is 397 g/mol. The molecule has 1 amide bonds. The van der Waals surface area contributed by atoms with E-state index in [1.807, 2.05) is 0 Å². The summed E-state index contributed by atoms with van der Waals surface area (Å²) in [5.74, 6) is -0.250. The Morgan fingerprint density at radius 2 is 1.69 bits per heavy atom. The third-order valence-corrected chi connectivity index (χ3v) is 5.26. The zero-order valence-corrected chi connectivity index (χ0v) is 16.9. The molecule has 3 rings (SSSR count). The summed E-state index contributed by atoms with van der Waals surface area (Å²) in [4.78, 5) is 29.0.